The zero-order chi connectivity index (χ0) is 19.3. The molecule has 0 bridgehead atoms. The van der Waals surface area contributed by atoms with Gasteiger partial charge in [-0.15, -0.1) is 0 Å². The third kappa shape index (κ3) is 4.30. The lowest BCUT2D eigenvalue weighted by atomic mass is 10.1. The molecule has 28 heavy (non-hydrogen) atoms. The second-order valence-electron chi connectivity index (χ2n) is 6.85. The van der Waals surface area contributed by atoms with Crippen molar-refractivity contribution < 1.29 is 9.53 Å². The second kappa shape index (κ2) is 8.64. The Morgan fingerprint density at radius 3 is 2.68 bits per heavy atom. The summed E-state index contributed by atoms with van der Waals surface area (Å²) >= 11 is 1.16. The van der Waals surface area contributed by atoms with Gasteiger partial charge in [-0.05, 0) is 18.2 Å². The number of methoxy groups -OCH3 is 1. The van der Waals surface area contributed by atoms with E-state index in [1.807, 2.05) is 36.4 Å². The minimum Gasteiger partial charge on any atom is -0.496 e. The fraction of sp³-hybridized carbons (Fsp3) is 0.350. The Bertz CT molecular complexity index is 952. The quantitative estimate of drug-likeness (QED) is 0.689. The summed E-state index contributed by atoms with van der Waals surface area (Å²) in [6, 6.07) is 13.8. The first-order valence-electron chi connectivity index (χ1n) is 9.30. The molecule has 1 amide bonds. The highest BCUT2D eigenvalue weighted by Gasteiger charge is 2.20. The molecule has 2 heterocycles. The molecule has 8 heteroatoms. The first kappa shape index (κ1) is 18.8. The maximum absolute atomic E-state index is 12.5. The lowest BCUT2D eigenvalue weighted by Gasteiger charge is -2.34. The molecule has 0 spiro atoms. The Labute approximate surface area is 168 Å². The number of nitrogens with one attached hydrogen (secondary N) is 1. The SMILES string of the molecule is COc1ccccc1CN1CCN(CC(=O)Nc2cccc3nsnc23)CC1. The van der Waals surface area contributed by atoms with Crippen LogP contribution in [0.2, 0.25) is 0 Å². The van der Waals surface area contributed by atoms with Crippen LogP contribution in [0.3, 0.4) is 0 Å². The first-order valence-corrected chi connectivity index (χ1v) is 10.0. The van der Waals surface area contributed by atoms with Gasteiger partial charge >= 0.3 is 0 Å². The minimum absolute atomic E-state index is 0.0151. The fourth-order valence-electron chi connectivity index (χ4n) is 3.48. The summed E-state index contributed by atoms with van der Waals surface area (Å²) in [6.07, 6.45) is 0. The number of carbonyl (C=O) groups is 1. The van der Waals surface area contributed by atoms with Gasteiger partial charge in [0, 0.05) is 38.3 Å². The molecule has 0 aliphatic carbocycles. The molecule has 0 radical (unpaired) electrons. The smallest absolute Gasteiger partial charge is 0.238 e. The van der Waals surface area contributed by atoms with Gasteiger partial charge in [0.05, 0.1) is 31.1 Å². The Morgan fingerprint density at radius 1 is 1.07 bits per heavy atom. The molecule has 1 aliphatic rings. The van der Waals surface area contributed by atoms with Crippen molar-refractivity contribution in [3.05, 3.63) is 48.0 Å². The van der Waals surface area contributed by atoms with Crippen LogP contribution in [-0.2, 0) is 11.3 Å². The van der Waals surface area contributed by atoms with E-state index in [4.69, 9.17) is 4.74 Å². The standard InChI is InChI=1S/C20H23N5O2S/c1-27-18-8-3-2-5-15(18)13-24-9-11-25(12-10-24)14-19(26)21-16-6-4-7-17-20(16)23-28-22-17/h2-8H,9-14H2,1H3,(H,21,26). The highest BCUT2D eigenvalue weighted by molar-refractivity contribution is 7.00. The van der Waals surface area contributed by atoms with Gasteiger partial charge in [0.2, 0.25) is 5.91 Å². The van der Waals surface area contributed by atoms with E-state index in [1.165, 1.54) is 5.56 Å². The molecule has 4 rings (SSSR count). The molecular weight excluding hydrogens is 374 g/mol. The molecule has 0 atom stereocenters. The normalized spacial score (nSPS) is 15.6. The van der Waals surface area contributed by atoms with Crippen LogP contribution in [-0.4, -0.2) is 64.3 Å². The Balaban J connectivity index is 1.28. The van der Waals surface area contributed by atoms with Crippen LogP contribution in [0.1, 0.15) is 5.56 Å². The fourth-order valence-corrected chi connectivity index (χ4v) is 4.03. The zero-order valence-electron chi connectivity index (χ0n) is 15.8. The van der Waals surface area contributed by atoms with E-state index in [1.54, 1.807) is 7.11 Å². The van der Waals surface area contributed by atoms with E-state index < -0.39 is 0 Å². The van der Waals surface area contributed by atoms with Crippen LogP contribution >= 0.6 is 11.7 Å². The summed E-state index contributed by atoms with van der Waals surface area (Å²) in [4.78, 5) is 17.1. The van der Waals surface area contributed by atoms with Crippen molar-refractivity contribution in [2.24, 2.45) is 0 Å². The van der Waals surface area contributed by atoms with Crippen molar-refractivity contribution in [2.75, 3.05) is 45.2 Å². The Hall–Kier alpha value is -2.55. The van der Waals surface area contributed by atoms with Crippen LogP contribution in [0.4, 0.5) is 5.69 Å². The summed E-state index contributed by atoms with van der Waals surface area (Å²) in [5, 5.41) is 2.98. The highest BCUT2D eigenvalue weighted by Crippen LogP contribution is 2.22. The molecule has 2 aromatic carbocycles. The van der Waals surface area contributed by atoms with Gasteiger partial charge in [-0.1, -0.05) is 24.3 Å². The number of aromatic nitrogens is 2. The lowest BCUT2D eigenvalue weighted by Crippen LogP contribution is -2.48. The van der Waals surface area contributed by atoms with Gasteiger partial charge < -0.3 is 10.1 Å². The van der Waals surface area contributed by atoms with Crippen LogP contribution in [0.5, 0.6) is 5.75 Å². The molecule has 1 N–H and O–H groups in total. The number of carbonyl (C=O) groups excluding carboxylic acids is 1. The predicted octanol–water partition coefficient (Wildman–Crippen LogP) is 2.46. The zero-order valence-corrected chi connectivity index (χ0v) is 16.6. The Kier molecular flexibility index (Phi) is 5.80. The number of anilines is 1. The third-order valence-electron chi connectivity index (χ3n) is 4.98. The molecular formula is C20H23N5O2S. The monoisotopic (exact) mass is 397 g/mol. The van der Waals surface area contributed by atoms with Gasteiger partial charge in [-0.25, -0.2) is 0 Å². The number of rotatable bonds is 6. The number of nitrogens with zero attached hydrogens (tertiary/aromatic N) is 4. The number of piperazine rings is 1. The summed E-state index contributed by atoms with van der Waals surface area (Å²) in [5.74, 6) is 0.911. The van der Waals surface area contributed by atoms with Crippen molar-refractivity contribution in [3.63, 3.8) is 0 Å². The molecule has 0 unspecified atom stereocenters. The predicted molar refractivity (Wildman–Crippen MR) is 111 cm³/mol. The molecule has 0 saturated carbocycles. The summed E-state index contributed by atoms with van der Waals surface area (Å²) in [6.45, 7) is 4.84. The van der Waals surface area contributed by atoms with Crippen LogP contribution in [0.15, 0.2) is 42.5 Å². The summed E-state index contributed by atoms with van der Waals surface area (Å²) in [5.41, 5.74) is 3.49. The number of fused-ring (bicyclic) bond motifs is 1. The summed E-state index contributed by atoms with van der Waals surface area (Å²) in [7, 11) is 1.71. The van der Waals surface area contributed by atoms with Crippen molar-refractivity contribution in [1.82, 2.24) is 18.5 Å². The average Bonchev–Trinajstić information content (AvgIpc) is 3.20. The first-order chi connectivity index (χ1) is 13.7. The molecule has 1 aromatic heterocycles. The number of benzene rings is 2. The van der Waals surface area contributed by atoms with E-state index in [-0.39, 0.29) is 5.91 Å². The highest BCUT2D eigenvalue weighted by atomic mass is 32.1. The van der Waals surface area contributed by atoms with Crippen molar-refractivity contribution in [2.45, 2.75) is 6.54 Å². The number of hydrogen-bond donors (Lipinski definition) is 1. The lowest BCUT2D eigenvalue weighted by molar-refractivity contribution is -0.117. The summed E-state index contributed by atoms with van der Waals surface area (Å²) < 4.78 is 13.9. The van der Waals surface area contributed by atoms with Crippen LogP contribution in [0, 0.1) is 0 Å². The van der Waals surface area contributed by atoms with Gasteiger partial charge in [0.15, 0.2) is 0 Å². The minimum atomic E-state index is -0.0151. The number of amides is 1. The number of para-hydroxylation sites is 1. The molecule has 1 saturated heterocycles. The van der Waals surface area contributed by atoms with Gasteiger partial charge in [0.25, 0.3) is 0 Å². The molecule has 1 aliphatic heterocycles. The van der Waals surface area contributed by atoms with E-state index >= 15 is 0 Å². The number of ether oxygens (including phenoxy) is 1. The largest absolute Gasteiger partial charge is 0.496 e. The average molecular weight is 398 g/mol. The maximum atomic E-state index is 12.5. The van der Waals surface area contributed by atoms with E-state index in [2.05, 4.69) is 29.9 Å². The third-order valence-corrected chi connectivity index (χ3v) is 5.52. The number of hydrogen-bond acceptors (Lipinski definition) is 7. The molecule has 146 valence electrons. The molecule has 1 fully saturated rings. The van der Waals surface area contributed by atoms with Crippen LogP contribution in [0.25, 0.3) is 11.0 Å². The second-order valence-corrected chi connectivity index (χ2v) is 7.38. The van der Waals surface area contributed by atoms with Crippen LogP contribution < -0.4 is 10.1 Å². The topological polar surface area (TPSA) is 70.6 Å². The van der Waals surface area contributed by atoms with E-state index in [0.29, 0.717) is 6.54 Å². The van der Waals surface area contributed by atoms with Gasteiger partial charge in [-0.3, -0.25) is 14.6 Å². The van der Waals surface area contributed by atoms with Gasteiger partial charge in [-0.2, -0.15) is 8.75 Å². The maximum Gasteiger partial charge on any atom is 0.238 e. The van der Waals surface area contributed by atoms with Gasteiger partial charge in [0.1, 0.15) is 16.8 Å². The van der Waals surface area contributed by atoms with E-state index in [0.717, 1.165) is 66.9 Å². The van der Waals surface area contributed by atoms with Crippen molar-refractivity contribution in [1.29, 1.82) is 0 Å². The van der Waals surface area contributed by atoms with E-state index in [9.17, 15) is 4.79 Å². The van der Waals surface area contributed by atoms with Crippen molar-refractivity contribution in [3.8, 4) is 5.75 Å². The molecule has 3 aromatic rings. The molecule has 7 nitrogen and oxygen atoms in total. The van der Waals surface area contributed by atoms with Crippen molar-refractivity contribution >= 4 is 34.4 Å². The Morgan fingerprint density at radius 2 is 1.86 bits per heavy atom.